The van der Waals surface area contributed by atoms with Crippen molar-refractivity contribution in [2.45, 2.75) is 51.2 Å². The molecule has 0 radical (unpaired) electrons. The van der Waals surface area contributed by atoms with Crippen molar-refractivity contribution in [3.8, 4) is 0 Å². The molecule has 0 bridgehead atoms. The predicted molar refractivity (Wildman–Crippen MR) is 49.0 cm³/mol. The van der Waals surface area contributed by atoms with Crippen molar-refractivity contribution in [2.75, 3.05) is 6.54 Å². The van der Waals surface area contributed by atoms with Gasteiger partial charge < -0.3 is 10.4 Å². The van der Waals surface area contributed by atoms with Crippen LogP contribution in [0, 0.1) is 5.41 Å². The van der Waals surface area contributed by atoms with Gasteiger partial charge in [0.25, 0.3) is 0 Å². The molecule has 1 unspecified atom stereocenters. The van der Waals surface area contributed by atoms with E-state index in [0.717, 1.165) is 18.9 Å². The number of hydrogen-bond donors (Lipinski definition) is 2. The molecule has 2 aliphatic rings. The molecule has 0 spiro atoms. The van der Waals surface area contributed by atoms with Gasteiger partial charge >= 0.3 is 0 Å². The first-order valence-electron chi connectivity index (χ1n) is 4.98. The molecule has 2 heteroatoms. The van der Waals surface area contributed by atoms with E-state index in [4.69, 9.17) is 0 Å². The first-order valence-corrected chi connectivity index (χ1v) is 4.98. The van der Waals surface area contributed by atoms with Crippen LogP contribution in [0.15, 0.2) is 0 Å². The Kier molecular flexibility index (Phi) is 1.74. The second-order valence-electron chi connectivity index (χ2n) is 5.11. The minimum atomic E-state index is -0.381. The fourth-order valence-corrected chi connectivity index (χ4v) is 2.26. The SMILES string of the molecule is CC1(O)CCC(C)(C2CN2)CC1. The molecule has 1 saturated carbocycles. The largest absolute Gasteiger partial charge is 0.390 e. The van der Waals surface area contributed by atoms with Gasteiger partial charge in [0.2, 0.25) is 0 Å². The van der Waals surface area contributed by atoms with Crippen LogP contribution >= 0.6 is 0 Å². The summed E-state index contributed by atoms with van der Waals surface area (Å²) in [7, 11) is 0. The Morgan fingerprint density at radius 1 is 1.17 bits per heavy atom. The third-order valence-electron chi connectivity index (χ3n) is 3.72. The summed E-state index contributed by atoms with van der Waals surface area (Å²) >= 11 is 0. The molecule has 0 aromatic heterocycles. The Hall–Kier alpha value is -0.0800. The van der Waals surface area contributed by atoms with E-state index >= 15 is 0 Å². The van der Waals surface area contributed by atoms with E-state index in [1.54, 1.807) is 0 Å². The smallest absolute Gasteiger partial charge is 0.0620 e. The summed E-state index contributed by atoms with van der Waals surface area (Å²) in [5, 5.41) is 13.2. The molecule has 2 N–H and O–H groups in total. The number of rotatable bonds is 1. The number of aliphatic hydroxyl groups is 1. The molecule has 0 amide bonds. The van der Waals surface area contributed by atoms with Crippen molar-refractivity contribution in [1.82, 2.24) is 5.32 Å². The highest BCUT2D eigenvalue weighted by Gasteiger charge is 2.45. The van der Waals surface area contributed by atoms with Gasteiger partial charge in [-0.1, -0.05) is 6.92 Å². The van der Waals surface area contributed by atoms with Crippen LogP contribution < -0.4 is 5.32 Å². The summed E-state index contributed by atoms with van der Waals surface area (Å²) in [6.45, 7) is 5.51. The van der Waals surface area contributed by atoms with E-state index in [0.29, 0.717) is 5.41 Å². The topological polar surface area (TPSA) is 42.2 Å². The molecule has 1 saturated heterocycles. The highest BCUT2D eigenvalue weighted by atomic mass is 16.3. The third-order valence-corrected chi connectivity index (χ3v) is 3.72. The van der Waals surface area contributed by atoms with E-state index in [1.807, 2.05) is 6.92 Å². The molecule has 2 nitrogen and oxygen atoms in total. The molecule has 70 valence electrons. The van der Waals surface area contributed by atoms with E-state index in [-0.39, 0.29) is 5.60 Å². The molecule has 0 aromatic carbocycles. The quantitative estimate of drug-likeness (QED) is 0.581. The van der Waals surface area contributed by atoms with Crippen molar-refractivity contribution in [3.05, 3.63) is 0 Å². The molecule has 2 fully saturated rings. The fraction of sp³-hybridized carbons (Fsp3) is 1.00. The number of hydrogen-bond acceptors (Lipinski definition) is 2. The Balaban J connectivity index is 1.96. The maximum absolute atomic E-state index is 9.79. The standard InChI is InChI=1S/C10H19NO/c1-9(8-7-11-8)3-5-10(2,12)6-4-9/h8,11-12H,3-7H2,1-2H3. The van der Waals surface area contributed by atoms with Crippen LogP contribution in [0.4, 0.5) is 0 Å². The van der Waals surface area contributed by atoms with Crippen LogP contribution in [0.1, 0.15) is 39.5 Å². The molecular weight excluding hydrogens is 150 g/mol. The highest BCUT2D eigenvalue weighted by Crippen LogP contribution is 2.44. The minimum Gasteiger partial charge on any atom is -0.390 e. The van der Waals surface area contributed by atoms with Crippen LogP contribution in [0.25, 0.3) is 0 Å². The maximum atomic E-state index is 9.79. The van der Waals surface area contributed by atoms with E-state index in [2.05, 4.69) is 12.2 Å². The Morgan fingerprint density at radius 3 is 2.08 bits per heavy atom. The van der Waals surface area contributed by atoms with Gasteiger partial charge in [-0.05, 0) is 38.0 Å². The van der Waals surface area contributed by atoms with Crippen molar-refractivity contribution in [3.63, 3.8) is 0 Å². The first kappa shape index (κ1) is 8.52. The highest BCUT2D eigenvalue weighted by molar-refractivity contribution is 5.02. The van der Waals surface area contributed by atoms with Gasteiger partial charge in [0.05, 0.1) is 5.60 Å². The summed E-state index contributed by atoms with van der Waals surface area (Å²) in [5.41, 5.74) is 0.0939. The van der Waals surface area contributed by atoms with Crippen molar-refractivity contribution < 1.29 is 5.11 Å². The second kappa shape index (κ2) is 2.46. The van der Waals surface area contributed by atoms with E-state index in [9.17, 15) is 5.11 Å². The summed E-state index contributed by atoms with van der Waals surface area (Å²) in [4.78, 5) is 0. The molecular formula is C10H19NO. The van der Waals surface area contributed by atoms with Gasteiger partial charge in [-0.25, -0.2) is 0 Å². The average molecular weight is 169 g/mol. The van der Waals surface area contributed by atoms with Crippen LogP contribution in [0.3, 0.4) is 0 Å². The van der Waals surface area contributed by atoms with Crippen LogP contribution in [0.5, 0.6) is 0 Å². The van der Waals surface area contributed by atoms with E-state index in [1.165, 1.54) is 19.4 Å². The van der Waals surface area contributed by atoms with Gasteiger partial charge in [0, 0.05) is 12.6 Å². The Morgan fingerprint density at radius 2 is 1.67 bits per heavy atom. The lowest BCUT2D eigenvalue weighted by atomic mass is 9.68. The van der Waals surface area contributed by atoms with Crippen molar-refractivity contribution >= 4 is 0 Å². The summed E-state index contributed by atoms with van der Waals surface area (Å²) in [5.74, 6) is 0. The minimum absolute atomic E-state index is 0.381. The molecule has 2 rings (SSSR count). The zero-order valence-electron chi connectivity index (χ0n) is 8.06. The van der Waals surface area contributed by atoms with Crippen LogP contribution in [-0.2, 0) is 0 Å². The Labute approximate surface area is 74.4 Å². The fourth-order valence-electron chi connectivity index (χ4n) is 2.26. The molecule has 12 heavy (non-hydrogen) atoms. The van der Waals surface area contributed by atoms with Gasteiger partial charge in [0.15, 0.2) is 0 Å². The zero-order valence-corrected chi connectivity index (χ0v) is 8.06. The molecule has 1 heterocycles. The summed E-state index contributed by atoms with van der Waals surface area (Å²) in [6, 6.07) is 0.744. The van der Waals surface area contributed by atoms with E-state index < -0.39 is 0 Å². The second-order valence-corrected chi connectivity index (χ2v) is 5.11. The van der Waals surface area contributed by atoms with Gasteiger partial charge in [0.1, 0.15) is 0 Å². The maximum Gasteiger partial charge on any atom is 0.0620 e. The predicted octanol–water partition coefficient (Wildman–Crippen LogP) is 1.29. The molecule has 0 aromatic rings. The monoisotopic (exact) mass is 169 g/mol. The first-order chi connectivity index (χ1) is 5.52. The lowest BCUT2D eigenvalue weighted by molar-refractivity contribution is -0.0146. The molecule has 1 atom stereocenters. The van der Waals surface area contributed by atoms with Crippen LogP contribution in [0.2, 0.25) is 0 Å². The zero-order chi connectivity index (χ0) is 8.82. The van der Waals surface area contributed by atoms with Crippen molar-refractivity contribution in [1.29, 1.82) is 0 Å². The van der Waals surface area contributed by atoms with Gasteiger partial charge in [-0.3, -0.25) is 0 Å². The van der Waals surface area contributed by atoms with Gasteiger partial charge in [-0.15, -0.1) is 0 Å². The normalized spacial score (nSPS) is 53.8. The van der Waals surface area contributed by atoms with Gasteiger partial charge in [-0.2, -0.15) is 0 Å². The summed E-state index contributed by atoms with van der Waals surface area (Å²) in [6.07, 6.45) is 4.30. The third kappa shape index (κ3) is 1.50. The molecule has 1 aliphatic heterocycles. The van der Waals surface area contributed by atoms with Crippen molar-refractivity contribution in [2.24, 2.45) is 5.41 Å². The molecule has 1 aliphatic carbocycles. The summed E-state index contributed by atoms with van der Waals surface area (Å²) < 4.78 is 0. The lowest BCUT2D eigenvalue weighted by Gasteiger charge is -2.40. The average Bonchev–Trinajstić information content (AvgIpc) is 2.78. The Bertz CT molecular complexity index is 174. The van der Waals surface area contributed by atoms with Crippen LogP contribution in [-0.4, -0.2) is 23.3 Å². The number of nitrogens with one attached hydrogen (secondary N) is 1. The lowest BCUT2D eigenvalue weighted by Crippen LogP contribution is -2.38.